The number of ether oxygens (including phenoxy) is 3. The zero-order chi connectivity index (χ0) is 23.2. The van der Waals surface area contributed by atoms with Crippen LogP contribution in [0.15, 0.2) is 46.9 Å². The monoisotopic (exact) mass is 451 g/mol. The van der Waals surface area contributed by atoms with Gasteiger partial charge in [-0.05, 0) is 62.2 Å². The maximum absolute atomic E-state index is 11.8. The Hall–Kier alpha value is -3.52. The summed E-state index contributed by atoms with van der Waals surface area (Å²) in [6, 6.07) is 13.2. The molecule has 33 heavy (non-hydrogen) atoms. The predicted molar refractivity (Wildman–Crippen MR) is 125 cm³/mol. The molecule has 2 aromatic carbocycles. The minimum atomic E-state index is -0.409. The predicted octanol–water partition coefficient (Wildman–Crippen LogP) is 3.18. The fourth-order valence-corrected chi connectivity index (χ4v) is 3.86. The number of nitrogen functional groups attached to an aromatic ring is 1. The lowest BCUT2D eigenvalue weighted by molar-refractivity contribution is -0.145. The number of fused-ring (bicyclic) bond motifs is 1. The third-order valence-electron chi connectivity index (χ3n) is 5.53. The maximum atomic E-state index is 11.8. The zero-order valence-corrected chi connectivity index (χ0v) is 18.7. The van der Waals surface area contributed by atoms with Crippen LogP contribution in [0.1, 0.15) is 30.2 Å². The van der Waals surface area contributed by atoms with E-state index in [4.69, 9.17) is 29.8 Å². The molecule has 0 bridgehead atoms. The number of amidine groups is 1. The number of carbonyl (C=O) groups is 1. The molecule has 4 N–H and O–H groups in total. The lowest BCUT2D eigenvalue weighted by Crippen LogP contribution is -2.19. The number of rotatable bonds is 10. The highest BCUT2D eigenvalue weighted by Crippen LogP contribution is 2.29. The van der Waals surface area contributed by atoms with Crippen LogP contribution in [0.5, 0.6) is 11.5 Å². The maximum Gasteiger partial charge on any atom is 0.344 e. The van der Waals surface area contributed by atoms with Gasteiger partial charge in [0.2, 0.25) is 0 Å². The molecule has 4 rings (SSSR count). The molecular formula is C25H29N3O5. The number of furan rings is 1. The van der Waals surface area contributed by atoms with Gasteiger partial charge in [0.1, 0.15) is 34.8 Å². The fourth-order valence-electron chi connectivity index (χ4n) is 3.86. The highest BCUT2D eigenvalue weighted by atomic mass is 16.6. The Bertz CT molecular complexity index is 1130. The van der Waals surface area contributed by atoms with Crippen molar-refractivity contribution >= 4 is 22.8 Å². The molecule has 1 fully saturated rings. The molecule has 3 aromatic rings. The van der Waals surface area contributed by atoms with Crippen LogP contribution in [-0.2, 0) is 22.4 Å². The Morgan fingerprint density at radius 1 is 1.21 bits per heavy atom. The van der Waals surface area contributed by atoms with E-state index >= 15 is 0 Å². The Morgan fingerprint density at radius 3 is 2.85 bits per heavy atom. The van der Waals surface area contributed by atoms with Crippen LogP contribution in [0.4, 0.5) is 0 Å². The summed E-state index contributed by atoms with van der Waals surface area (Å²) in [5, 5.41) is 11.8. The first-order valence-corrected chi connectivity index (χ1v) is 11.2. The third-order valence-corrected chi connectivity index (χ3v) is 5.53. The van der Waals surface area contributed by atoms with Gasteiger partial charge in [-0.15, -0.1) is 0 Å². The van der Waals surface area contributed by atoms with Crippen molar-refractivity contribution in [3.05, 3.63) is 59.4 Å². The number of benzene rings is 2. The van der Waals surface area contributed by atoms with Crippen molar-refractivity contribution in [1.82, 2.24) is 5.32 Å². The molecule has 0 radical (unpaired) electrons. The van der Waals surface area contributed by atoms with Crippen molar-refractivity contribution in [3.63, 3.8) is 0 Å². The minimum absolute atomic E-state index is 0.0266. The first-order valence-electron chi connectivity index (χ1n) is 11.2. The molecule has 0 saturated carbocycles. The summed E-state index contributed by atoms with van der Waals surface area (Å²) in [6.07, 6.45) is 2.39. The van der Waals surface area contributed by atoms with Gasteiger partial charge < -0.3 is 29.7 Å². The van der Waals surface area contributed by atoms with E-state index in [1.54, 1.807) is 13.0 Å². The van der Waals surface area contributed by atoms with Gasteiger partial charge in [-0.3, -0.25) is 5.41 Å². The molecule has 1 atom stereocenters. The van der Waals surface area contributed by atoms with E-state index in [-0.39, 0.29) is 18.5 Å². The molecule has 0 amide bonds. The molecule has 1 aliphatic heterocycles. The van der Waals surface area contributed by atoms with Crippen molar-refractivity contribution in [2.75, 3.05) is 26.3 Å². The standard InChI is InChI=1S/C25H29N3O5/c1-2-30-24(29)15-31-23-13-20(32-21-9-10-28-14-21)7-4-16(23)3-6-19-12-18-11-17(25(26)27)5-8-22(18)33-19/h4-5,7-8,11-13,21,28H,2-3,6,9-10,14-15H2,1H3,(H3,26,27)/t21-/m0/s1. The van der Waals surface area contributed by atoms with Crippen LogP contribution in [-0.4, -0.2) is 44.2 Å². The SMILES string of the molecule is CCOC(=O)COc1cc(O[C@H]2CCNC2)ccc1CCc1cc2cc(C(=N)N)ccc2o1. The van der Waals surface area contributed by atoms with E-state index in [2.05, 4.69) is 5.32 Å². The van der Waals surface area contributed by atoms with Gasteiger partial charge in [-0.1, -0.05) is 6.07 Å². The number of carbonyl (C=O) groups excluding carboxylic acids is 1. The van der Waals surface area contributed by atoms with Crippen molar-refractivity contribution in [2.45, 2.75) is 32.3 Å². The number of nitrogens with two attached hydrogens (primary N) is 1. The smallest absolute Gasteiger partial charge is 0.344 e. The summed E-state index contributed by atoms with van der Waals surface area (Å²) in [6.45, 7) is 3.68. The molecule has 2 heterocycles. The van der Waals surface area contributed by atoms with Gasteiger partial charge in [0.15, 0.2) is 6.61 Å². The van der Waals surface area contributed by atoms with E-state index in [0.717, 1.165) is 41.8 Å². The molecule has 0 spiro atoms. The van der Waals surface area contributed by atoms with Gasteiger partial charge >= 0.3 is 5.97 Å². The second-order valence-electron chi connectivity index (χ2n) is 7.97. The third kappa shape index (κ3) is 5.84. The van der Waals surface area contributed by atoms with Gasteiger partial charge in [-0.2, -0.15) is 0 Å². The Balaban J connectivity index is 1.49. The van der Waals surface area contributed by atoms with Crippen LogP contribution in [0.25, 0.3) is 11.0 Å². The highest BCUT2D eigenvalue weighted by molar-refractivity contribution is 5.98. The first kappa shape index (κ1) is 22.7. The largest absolute Gasteiger partial charge is 0.489 e. The van der Waals surface area contributed by atoms with Crippen LogP contribution in [0.2, 0.25) is 0 Å². The molecule has 1 aromatic heterocycles. The van der Waals surface area contributed by atoms with Crippen molar-refractivity contribution in [1.29, 1.82) is 5.41 Å². The fraction of sp³-hybridized carbons (Fsp3) is 0.360. The van der Waals surface area contributed by atoms with Crippen LogP contribution in [0.3, 0.4) is 0 Å². The Labute approximate surface area is 192 Å². The number of hydrogen-bond donors (Lipinski definition) is 3. The summed E-state index contributed by atoms with van der Waals surface area (Å²) in [7, 11) is 0. The van der Waals surface area contributed by atoms with Gasteiger partial charge in [0.25, 0.3) is 0 Å². The molecule has 8 nitrogen and oxygen atoms in total. The topological polar surface area (TPSA) is 120 Å². The zero-order valence-electron chi connectivity index (χ0n) is 18.7. The van der Waals surface area contributed by atoms with Crippen LogP contribution >= 0.6 is 0 Å². The summed E-state index contributed by atoms with van der Waals surface area (Å²) in [5.41, 5.74) is 7.95. The number of esters is 1. The van der Waals surface area contributed by atoms with E-state index < -0.39 is 5.97 Å². The van der Waals surface area contributed by atoms with E-state index in [0.29, 0.717) is 36.5 Å². The first-order chi connectivity index (χ1) is 16.0. The summed E-state index contributed by atoms with van der Waals surface area (Å²) < 4.78 is 22.8. The Kier molecular flexibility index (Phi) is 7.14. The van der Waals surface area contributed by atoms with Crippen molar-refractivity contribution < 1.29 is 23.4 Å². The van der Waals surface area contributed by atoms with E-state index in [9.17, 15) is 4.79 Å². The lowest BCUT2D eigenvalue weighted by Gasteiger charge is -2.16. The lowest BCUT2D eigenvalue weighted by atomic mass is 10.1. The van der Waals surface area contributed by atoms with Gasteiger partial charge in [-0.25, -0.2) is 4.79 Å². The Morgan fingerprint density at radius 2 is 2.09 bits per heavy atom. The highest BCUT2D eigenvalue weighted by Gasteiger charge is 2.17. The second kappa shape index (κ2) is 10.4. The quantitative estimate of drug-likeness (QED) is 0.246. The van der Waals surface area contributed by atoms with Crippen LogP contribution < -0.4 is 20.5 Å². The average molecular weight is 452 g/mol. The molecule has 174 valence electrons. The summed E-state index contributed by atoms with van der Waals surface area (Å²) in [4.78, 5) is 11.8. The molecule has 0 unspecified atom stereocenters. The van der Waals surface area contributed by atoms with Gasteiger partial charge in [0.05, 0.1) is 6.61 Å². The number of hydrogen-bond acceptors (Lipinski definition) is 7. The van der Waals surface area contributed by atoms with E-state index in [1.165, 1.54) is 0 Å². The van der Waals surface area contributed by atoms with Gasteiger partial charge in [0, 0.05) is 30.0 Å². The molecule has 8 heteroatoms. The minimum Gasteiger partial charge on any atom is -0.489 e. The molecular weight excluding hydrogens is 422 g/mol. The number of nitrogens with one attached hydrogen (secondary N) is 2. The second-order valence-corrected chi connectivity index (χ2v) is 7.97. The average Bonchev–Trinajstić information content (AvgIpc) is 3.46. The number of aryl methyl sites for hydroxylation is 2. The molecule has 1 saturated heterocycles. The molecule has 0 aliphatic carbocycles. The normalized spacial score (nSPS) is 15.5. The molecule has 1 aliphatic rings. The van der Waals surface area contributed by atoms with Crippen LogP contribution in [0, 0.1) is 5.41 Å². The van der Waals surface area contributed by atoms with Crippen molar-refractivity contribution in [3.8, 4) is 11.5 Å². The van der Waals surface area contributed by atoms with E-state index in [1.807, 2.05) is 36.4 Å². The summed E-state index contributed by atoms with van der Waals surface area (Å²) in [5.74, 6) is 1.75. The van der Waals surface area contributed by atoms with Crippen molar-refractivity contribution in [2.24, 2.45) is 5.73 Å². The summed E-state index contributed by atoms with van der Waals surface area (Å²) >= 11 is 0.